The van der Waals surface area contributed by atoms with Gasteiger partial charge in [0.2, 0.25) is 0 Å². The number of rotatable bonds is 18. The Labute approximate surface area is 170 Å². The minimum Gasteiger partial charge on any atom is -0.513 e. The molecule has 0 aromatic heterocycles. The monoisotopic (exact) mass is 400 g/mol. The molecule has 0 aliphatic rings. The van der Waals surface area contributed by atoms with Gasteiger partial charge in [-0.3, -0.25) is 4.90 Å². The molecule has 0 aliphatic carbocycles. The van der Waals surface area contributed by atoms with E-state index in [1.54, 1.807) is 9.80 Å². The van der Waals surface area contributed by atoms with Gasteiger partial charge in [0, 0.05) is 39.1 Å². The molecule has 0 atom stereocenters. The second kappa shape index (κ2) is 17.4. The van der Waals surface area contributed by atoms with Crippen LogP contribution in [0.3, 0.4) is 0 Å². The fourth-order valence-electron chi connectivity index (χ4n) is 2.44. The summed E-state index contributed by atoms with van der Waals surface area (Å²) >= 11 is 0. The first-order valence-electron chi connectivity index (χ1n) is 10.3. The molecule has 7 heteroatoms. The van der Waals surface area contributed by atoms with Crippen molar-refractivity contribution in [2.45, 2.75) is 65.2 Å². The Bertz CT molecular complexity index is 411. The van der Waals surface area contributed by atoms with Gasteiger partial charge < -0.3 is 24.6 Å². The van der Waals surface area contributed by atoms with Gasteiger partial charge in [-0.1, -0.05) is 39.8 Å². The highest BCUT2D eigenvalue weighted by Gasteiger charge is 2.21. The van der Waals surface area contributed by atoms with Crippen molar-refractivity contribution in [3.63, 3.8) is 0 Å². The highest BCUT2D eigenvalue weighted by atomic mass is 16.5. The van der Waals surface area contributed by atoms with E-state index in [4.69, 9.17) is 9.47 Å². The molecule has 0 bridgehead atoms. The number of amides is 2. The van der Waals surface area contributed by atoms with Crippen LogP contribution in [-0.2, 0) is 9.47 Å². The molecule has 2 N–H and O–H groups in total. The van der Waals surface area contributed by atoms with Crippen LogP contribution in [0.5, 0.6) is 0 Å². The van der Waals surface area contributed by atoms with Crippen LogP contribution in [0.1, 0.15) is 65.2 Å². The molecule has 0 fully saturated rings. The van der Waals surface area contributed by atoms with Crippen molar-refractivity contribution in [3.05, 3.63) is 24.7 Å². The van der Waals surface area contributed by atoms with Crippen molar-refractivity contribution in [3.8, 4) is 0 Å². The number of aliphatic hydroxyl groups is 2. The molecule has 0 rings (SSSR count). The number of nitrogens with zero attached hydrogens (tertiary/aromatic N) is 2. The molecular formula is C21H40N2O5. The Morgan fingerprint density at radius 1 is 0.786 bits per heavy atom. The van der Waals surface area contributed by atoms with Crippen molar-refractivity contribution in [1.82, 2.24) is 9.80 Å². The van der Waals surface area contributed by atoms with E-state index in [1.807, 2.05) is 0 Å². The average Bonchev–Trinajstić information content (AvgIpc) is 2.64. The minimum absolute atomic E-state index is 0.110. The Balaban J connectivity index is 4.86. The second-order valence-electron chi connectivity index (χ2n) is 6.93. The van der Waals surface area contributed by atoms with Crippen molar-refractivity contribution in [1.29, 1.82) is 0 Å². The second-order valence-corrected chi connectivity index (χ2v) is 6.93. The van der Waals surface area contributed by atoms with Gasteiger partial charge in [-0.05, 0) is 25.7 Å². The quantitative estimate of drug-likeness (QED) is 0.193. The van der Waals surface area contributed by atoms with E-state index in [0.29, 0.717) is 52.0 Å². The van der Waals surface area contributed by atoms with Crippen LogP contribution in [0, 0.1) is 0 Å². The molecule has 28 heavy (non-hydrogen) atoms. The predicted molar refractivity (Wildman–Crippen MR) is 112 cm³/mol. The Morgan fingerprint density at radius 3 is 1.57 bits per heavy atom. The zero-order chi connectivity index (χ0) is 21.2. The molecule has 0 spiro atoms. The minimum atomic E-state index is -0.167. The average molecular weight is 401 g/mol. The van der Waals surface area contributed by atoms with Crippen molar-refractivity contribution in [2.75, 3.05) is 39.8 Å². The lowest BCUT2D eigenvalue weighted by Gasteiger charge is -2.30. The molecule has 7 nitrogen and oxygen atoms in total. The van der Waals surface area contributed by atoms with E-state index in [9.17, 15) is 15.0 Å². The van der Waals surface area contributed by atoms with Gasteiger partial charge in [-0.15, -0.1) is 0 Å². The van der Waals surface area contributed by atoms with Crippen LogP contribution in [0.25, 0.3) is 0 Å². The van der Waals surface area contributed by atoms with Crippen LogP contribution >= 0.6 is 0 Å². The lowest BCUT2D eigenvalue weighted by molar-refractivity contribution is -0.0300. The number of urea groups is 1. The number of hydrogen-bond acceptors (Lipinski definition) is 5. The summed E-state index contributed by atoms with van der Waals surface area (Å²) in [6, 6.07) is -0.167. The summed E-state index contributed by atoms with van der Waals surface area (Å²) in [6.45, 7) is 13.7. The summed E-state index contributed by atoms with van der Waals surface area (Å²) in [5, 5.41) is 18.6. The maximum Gasteiger partial charge on any atom is 0.323 e. The molecule has 0 aromatic carbocycles. The summed E-state index contributed by atoms with van der Waals surface area (Å²) in [7, 11) is 0. The summed E-state index contributed by atoms with van der Waals surface area (Å²) < 4.78 is 11.3. The fraction of sp³-hybridized carbons (Fsp3) is 0.762. The SMILES string of the molecule is C=C(O)CCCN(CCCC(=C)O)C(=O)N(COCCCC)COCCCC. The van der Waals surface area contributed by atoms with Crippen molar-refractivity contribution in [2.24, 2.45) is 0 Å². The maximum atomic E-state index is 13.0. The van der Waals surface area contributed by atoms with Gasteiger partial charge in [-0.2, -0.15) is 0 Å². The number of carbonyl (C=O) groups is 1. The standard InChI is InChI=1S/C21H40N2O5/c1-5-7-15-27-17-23(18-28-16-8-6-2)21(26)22(13-9-11-19(3)24)14-10-12-20(4)25/h24-25H,3-18H2,1-2H3. The van der Waals surface area contributed by atoms with Gasteiger partial charge in [-0.25, -0.2) is 4.79 Å². The predicted octanol–water partition coefficient (Wildman–Crippen LogP) is 4.96. The molecule has 0 heterocycles. The van der Waals surface area contributed by atoms with Crippen molar-refractivity contribution < 1.29 is 24.5 Å². The van der Waals surface area contributed by atoms with Crippen LogP contribution < -0.4 is 0 Å². The number of ether oxygens (including phenoxy) is 2. The smallest absolute Gasteiger partial charge is 0.323 e. The Morgan fingerprint density at radius 2 is 1.21 bits per heavy atom. The van der Waals surface area contributed by atoms with Gasteiger partial charge >= 0.3 is 6.03 Å². The van der Waals surface area contributed by atoms with E-state index in [0.717, 1.165) is 25.7 Å². The molecule has 0 saturated carbocycles. The molecule has 0 aliphatic heterocycles. The van der Waals surface area contributed by atoms with Crippen molar-refractivity contribution >= 4 is 6.03 Å². The van der Waals surface area contributed by atoms with Gasteiger partial charge in [0.15, 0.2) is 0 Å². The zero-order valence-corrected chi connectivity index (χ0v) is 17.8. The first kappa shape index (κ1) is 26.3. The third-order valence-corrected chi connectivity index (χ3v) is 4.11. The molecular weight excluding hydrogens is 360 g/mol. The topological polar surface area (TPSA) is 82.5 Å². The molecule has 0 saturated heterocycles. The summed E-state index contributed by atoms with van der Waals surface area (Å²) in [5.74, 6) is 0.220. The van der Waals surface area contributed by atoms with E-state index in [2.05, 4.69) is 27.0 Å². The Kier molecular flexibility index (Phi) is 16.3. The number of aliphatic hydroxyl groups excluding tert-OH is 2. The molecule has 2 amide bonds. The normalized spacial score (nSPS) is 10.6. The van der Waals surface area contributed by atoms with E-state index >= 15 is 0 Å². The lowest BCUT2D eigenvalue weighted by Crippen LogP contribution is -2.46. The molecule has 0 unspecified atom stereocenters. The zero-order valence-electron chi connectivity index (χ0n) is 17.8. The largest absolute Gasteiger partial charge is 0.513 e. The number of allylic oxidation sites excluding steroid dienone is 2. The third kappa shape index (κ3) is 14.3. The lowest BCUT2D eigenvalue weighted by atomic mass is 10.2. The third-order valence-electron chi connectivity index (χ3n) is 4.11. The first-order chi connectivity index (χ1) is 13.4. The Hall–Kier alpha value is -1.73. The van der Waals surface area contributed by atoms with Gasteiger partial charge in [0.1, 0.15) is 13.5 Å². The maximum absolute atomic E-state index is 13.0. The molecule has 0 radical (unpaired) electrons. The fourth-order valence-corrected chi connectivity index (χ4v) is 2.44. The van der Waals surface area contributed by atoms with Gasteiger partial charge in [0.25, 0.3) is 0 Å². The number of unbranched alkanes of at least 4 members (excludes halogenated alkanes) is 2. The highest BCUT2D eigenvalue weighted by Crippen LogP contribution is 2.09. The summed E-state index contributed by atoms with van der Waals surface area (Å²) in [4.78, 5) is 16.3. The van der Waals surface area contributed by atoms with Crippen LogP contribution in [0.4, 0.5) is 4.79 Å². The highest BCUT2D eigenvalue weighted by molar-refractivity contribution is 5.74. The van der Waals surface area contributed by atoms with E-state index in [1.165, 1.54) is 0 Å². The number of hydrogen-bond donors (Lipinski definition) is 2. The molecule has 0 aromatic rings. The summed E-state index contributed by atoms with van der Waals surface area (Å²) in [5.41, 5.74) is 0. The summed E-state index contributed by atoms with van der Waals surface area (Å²) in [6.07, 6.45) is 6.06. The van der Waals surface area contributed by atoms with Crippen LogP contribution in [0.15, 0.2) is 24.7 Å². The number of carbonyl (C=O) groups excluding carboxylic acids is 1. The molecule has 164 valence electrons. The van der Waals surface area contributed by atoms with Crippen LogP contribution in [0.2, 0.25) is 0 Å². The first-order valence-corrected chi connectivity index (χ1v) is 10.3. The van der Waals surface area contributed by atoms with E-state index in [-0.39, 0.29) is 31.0 Å². The van der Waals surface area contributed by atoms with E-state index < -0.39 is 0 Å². The van der Waals surface area contributed by atoms with Gasteiger partial charge in [0.05, 0.1) is 11.5 Å². The van der Waals surface area contributed by atoms with Crippen LogP contribution in [-0.4, -0.2) is 65.8 Å².